The molecule has 0 atom stereocenters. The number of rotatable bonds is 4. The van der Waals surface area contributed by atoms with Gasteiger partial charge in [-0.2, -0.15) is 0 Å². The van der Waals surface area contributed by atoms with Gasteiger partial charge in [0.1, 0.15) is 12.4 Å². The quantitative estimate of drug-likeness (QED) is 0.514. The van der Waals surface area contributed by atoms with Crippen LogP contribution in [0.4, 0.5) is 0 Å². The van der Waals surface area contributed by atoms with E-state index in [1.165, 1.54) is 30.2 Å². The minimum absolute atomic E-state index is 0.190. The Labute approximate surface area is 123 Å². The second-order valence-electron chi connectivity index (χ2n) is 5.17. The molecule has 0 bridgehead atoms. The lowest BCUT2D eigenvalue weighted by atomic mass is 9.92. The first-order valence-electron chi connectivity index (χ1n) is 7.10. The molecule has 3 rings (SSSR count). The Morgan fingerprint density at radius 2 is 2.05 bits per heavy atom. The van der Waals surface area contributed by atoms with Crippen molar-refractivity contribution in [1.82, 2.24) is 5.43 Å². The van der Waals surface area contributed by atoms with Crippen LogP contribution in [0.1, 0.15) is 40.1 Å². The average Bonchev–Trinajstić information content (AvgIpc) is 3.00. The minimum atomic E-state index is -0.455. The van der Waals surface area contributed by atoms with Crippen LogP contribution in [0.25, 0.3) is 0 Å². The van der Waals surface area contributed by atoms with E-state index in [1.807, 2.05) is 6.07 Å². The second kappa shape index (κ2) is 6.01. The largest absolute Gasteiger partial charge is 0.489 e. The molecule has 0 saturated carbocycles. The number of hydrogen-bond acceptors (Lipinski definition) is 4. The van der Waals surface area contributed by atoms with E-state index in [1.54, 1.807) is 6.07 Å². The molecule has 0 unspecified atom stereocenters. The van der Waals surface area contributed by atoms with E-state index in [4.69, 9.17) is 15.0 Å². The van der Waals surface area contributed by atoms with Gasteiger partial charge in [0.25, 0.3) is 0 Å². The van der Waals surface area contributed by atoms with Crippen LogP contribution in [0.5, 0.6) is 5.75 Å². The highest BCUT2D eigenvalue weighted by molar-refractivity contribution is 5.92. The molecule has 1 amide bonds. The smallest absolute Gasteiger partial charge is 0.301 e. The van der Waals surface area contributed by atoms with Crippen LogP contribution in [0.2, 0.25) is 0 Å². The number of carbonyl (C=O) groups excluding carboxylic acids is 1. The third kappa shape index (κ3) is 2.92. The van der Waals surface area contributed by atoms with Crippen LogP contribution in [-0.2, 0) is 19.4 Å². The van der Waals surface area contributed by atoms with Crippen LogP contribution < -0.4 is 16.0 Å². The van der Waals surface area contributed by atoms with E-state index in [2.05, 4.69) is 17.6 Å². The Morgan fingerprint density at radius 1 is 1.24 bits per heavy atom. The van der Waals surface area contributed by atoms with Crippen LogP contribution in [0, 0.1) is 0 Å². The Kier molecular flexibility index (Phi) is 3.92. The summed E-state index contributed by atoms with van der Waals surface area (Å²) in [6, 6.07) is 7.92. The summed E-state index contributed by atoms with van der Waals surface area (Å²) in [4.78, 5) is 11.5. The maximum absolute atomic E-state index is 11.5. The first-order valence-corrected chi connectivity index (χ1v) is 7.10. The van der Waals surface area contributed by atoms with Gasteiger partial charge in [0.05, 0.1) is 6.26 Å². The van der Waals surface area contributed by atoms with Crippen LogP contribution in [0.3, 0.4) is 0 Å². The van der Waals surface area contributed by atoms with Crippen molar-refractivity contribution < 1.29 is 13.9 Å². The summed E-state index contributed by atoms with van der Waals surface area (Å²) in [5.74, 6) is 5.67. The number of amides is 1. The molecular weight excluding hydrogens is 268 g/mol. The standard InChI is InChI=1S/C16H18N2O3/c17-18-16(19)15-13(7-8-20-15)10-21-14-6-5-11-3-1-2-4-12(11)9-14/h5-9H,1-4,10,17H2,(H,18,19). The van der Waals surface area contributed by atoms with E-state index in [-0.39, 0.29) is 12.4 Å². The van der Waals surface area contributed by atoms with Gasteiger partial charge in [-0.25, -0.2) is 5.84 Å². The number of benzene rings is 1. The number of ether oxygens (including phenoxy) is 1. The van der Waals surface area contributed by atoms with Crippen molar-refractivity contribution in [3.63, 3.8) is 0 Å². The van der Waals surface area contributed by atoms with Gasteiger partial charge < -0.3 is 9.15 Å². The average molecular weight is 286 g/mol. The maximum Gasteiger partial charge on any atom is 0.301 e. The predicted molar refractivity (Wildman–Crippen MR) is 77.8 cm³/mol. The molecule has 5 heteroatoms. The monoisotopic (exact) mass is 286 g/mol. The molecule has 0 spiro atoms. The van der Waals surface area contributed by atoms with Crippen molar-refractivity contribution in [3.05, 3.63) is 53.0 Å². The molecule has 1 aliphatic rings. The Bertz CT molecular complexity index is 649. The van der Waals surface area contributed by atoms with Crippen molar-refractivity contribution in [2.45, 2.75) is 32.3 Å². The van der Waals surface area contributed by atoms with Gasteiger partial charge in [-0.1, -0.05) is 6.07 Å². The SMILES string of the molecule is NNC(=O)c1occc1COc1ccc2c(c1)CCCC2. The molecule has 1 aromatic heterocycles. The number of nitrogens with two attached hydrogens (primary N) is 1. The summed E-state index contributed by atoms with van der Waals surface area (Å²) in [5, 5.41) is 0. The summed E-state index contributed by atoms with van der Waals surface area (Å²) < 4.78 is 10.9. The highest BCUT2D eigenvalue weighted by Gasteiger charge is 2.15. The zero-order chi connectivity index (χ0) is 14.7. The molecular formula is C16H18N2O3. The van der Waals surface area contributed by atoms with Gasteiger partial charge in [0.15, 0.2) is 5.76 Å². The van der Waals surface area contributed by atoms with Crippen LogP contribution >= 0.6 is 0 Å². The lowest BCUT2D eigenvalue weighted by Gasteiger charge is -2.16. The molecule has 0 aliphatic heterocycles. The molecule has 0 radical (unpaired) electrons. The number of hydrogen-bond donors (Lipinski definition) is 2. The molecule has 3 N–H and O–H groups in total. The topological polar surface area (TPSA) is 77.5 Å². The lowest BCUT2D eigenvalue weighted by molar-refractivity contribution is 0.0922. The predicted octanol–water partition coefficient (Wildman–Crippen LogP) is 2.34. The van der Waals surface area contributed by atoms with Gasteiger partial charge in [0, 0.05) is 5.56 Å². The summed E-state index contributed by atoms with van der Waals surface area (Å²) in [7, 11) is 0. The van der Waals surface area contributed by atoms with E-state index < -0.39 is 5.91 Å². The molecule has 110 valence electrons. The highest BCUT2D eigenvalue weighted by atomic mass is 16.5. The number of nitrogen functional groups attached to an aromatic ring is 1. The summed E-state index contributed by atoms with van der Waals surface area (Å²) in [6.07, 6.45) is 6.21. The fourth-order valence-electron chi connectivity index (χ4n) is 2.67. The number of furan rings is 1. The van der Waals surface area contributed by atoms with Gasteiger partial charge >= 0.3 is 5.91 Å². The van der Waals surface area contributed by atoms with Crippen molar-refractivity contribution in [1.29, 1.82) is 0 Å². The van der Waals surface area contributed by atoms with Gasteiger partial charge in [-0.3, -0.25) is 10.2 Å². The summed E-state index contributed by atoms with van der Waals surface area (Å²) in [6.45, 7) is 0.276. The second-order valence-corrected chi connectivity index (χ2v) is 5.17. The Morgan fingerprint density at radius 3 is 2.86 bits per heavy atom. The summed E-state index contributed by atoms with van der Waals surface area (Å²) in [5.41, 5.74) is 5.52. The number of hydrazine groups is 1. The molecule has 1 heterocycles. The zero-order valence-corrected chi connectivity index (χ0v) is 11.7. The normalized spacial score (nSPS) is 13.6. The number of aryl methyl sites for hydroxylation is 2. The van der Waals surface area contributed by atoms with Crippen molar-refractivity contribution >= 4 is 5.91 Å². The minimum Gasteiger partial charge on any atom is -0.489 e. The lowest BCUT2D eigenvalue weighted by Crippen LogP contribution is -2.30. The molecule has 0 saturated heterocycles. The van der Waals surface area contributed by atoms with Crippen molar-refractivity contribution in [2.24, 2.45) is 5.84 Å². The molecule has 1 aromatic carbocycles. The van der Waals surface area contributed by atoms with Crippen molar-refractivity contribution in [2.75, 3.05) is 0 Å². The number of fused-ring (bicyclic) bond motifs is 1. The number of carbonyl (C=O) groups is 1. The van der Waals surface area contributed by atoms with E-state index in [0.717, 1.165) is 18.6 Å². The Hall–Kier alpha value is -2.27. The van der Waals surface area contributed by atoms with Crippen LogP contribution in [-0.4, -0.2) is 5.91 Å². The first kappa shape index (κ1) is 13.7. The molecule has 21 heavy (non-hydrogen) atoms. The third-order valence-electron chi connectivity index (χ3n) is 3.80. The van der Waals surface area contributed by atoms with Crippen molar-refractivity contribution in [3.8, 4) is 5.75 Å². The first-order chi connectivity index (χ1) is 10.3. The fraction of sp³-hybridized carbons (Fsp3) is 0.312. The summed E-state index contributed by atoms with van der Waals surface area (Å²) >= 11 is 0. The zero-order valence-electron chi connectivity index (χ0n) is 11.7. The molecule has 0 fully saturated rings. The molecule has 2 aromatic rings. The molecule has 1 aliphatic carbocycles. The number of nitrogens with one attached hydrogen (secondary N) is 1. The third-order valence-corrected chi connectivity index (χ3v) is 3.80. The van der Waals surface area contributed by atoms with E-state index >= 15 is 0 Å². The van der Waals surface area contributed by atoms with Gasteiger partial charge in [-0.05, 0) is 55.0 Å². The van der Waals surface area contributed by atoms with E-state index in [9.17, 15) is 4.79 Å². The van der Waals surface area contributed by atoms with Crippen LogP contribution in [0.15, 0.2) is 34.9 Å². The Balaban J connectivity index is 1.71. The van der Waals surface area contributed by atoms with E-state index in [0.29, 0.717) is 5.56 Å². The van der Waals surface area contributed by atoms with Gasteiger partial charge in [-0.15, -0.1) is 0 Å². The molecule has 5 nitrogen and oxygen atoms in total. The van der Waals surface area contributed by atoms with Gasteiger partial charge in [0.2, 0.25) is 0 Å². The maximum atomic E-state index is 11.5. The highest BCUT2D eigenvalue weighted by Crippen LogP contribution is 2.26. The fourth-order valence-corrected chi connectivity index (χ4v) is 2.67.